The van der Waals surface area contributed by atoms with Crippen LogP contribution in [0.2, 0.25) is 0 Å². The summed E-state index contributed by atoms with van der Waals surface area (Å²) in [6, 6.07) is 3.68. The highest BCUT2D eigenvalue weighted by atomic mass is 19.1. The van der Waals surface area contributed by atoms with Gasteiger partial charge in [-0.3, -0.25) is 9.63 Å². The Morgan fingerprint density at radius 3 is 2.85 bits per heavy atom. The summed E-state index contributed by atoms with van der Waals surface area (Å²) >= 11 is 0. The summed E-state index contributed by atoms with van der Waals surface area (Å²) in [7, 11) is 1.31. The van der Waals surface area contributed by atoms with Gasteiger partial charge in [0.15, 0.2) is 0 Å². The second-order valence-corrected chi connectivity index (χ2v) is 2.37. The molecular formula is C8H9FN2O2. The van der Waals surface area contributed by atoms with Crippen molar-refractivity contribution in [1.82, 2.24) is 5.48 Å². The molecule has 0 unspecified atom stereocenters. The molecule has 0 aromatic heterocycles. The smallest absolute Gasteiger partial charge is 0.274 e. The molecule has 0 aliphatic rings. The average molecular weight is 184 g/mol. The number of amides is 1. The Bertz CT molecular complexity index is 328. The fourth-order valence-electron chi connectivity index (χ4n) is 0.837. The molecule has 0 fully saturated rings. The fraction of sp³-hybridized carbons (Fsp3) is 0.125. The number of nitrogens with two attached hydrogens (primary N) is 1. The fourth-order valence-corrected chi connectivity index (χ4v) is 0.837. The second kappa shape index (κ2) is 3.86. The van der Waals surface area contributed by atoms with E-state index in [0.29, 0.717) is 0 Å². The quantitative estimate of drug-likeness (QED) is 0.525. The molecule has 0 heterocycles. The molecule has 1 rings (SSSR count). The van der Waals surface area contributed by atoms with E-state index in [1.165, 1.54) is 19.2 Å². The van der Waals surface area contributed by atoms with Crippen molar-refractivity contribution in [2.24, 2.45) is 0 Å². The molecule has 0 spiro atoms. The SMILES string of the molecule is CONC(=O)c1ccc(F)c(N)c1. The minimum Gasteiger partial charge on any atom is -0.396 e. The third-order valence-electron chi connectivity index (χ3n) is 1.45. The van der Waals surface area contributed by atoms with Gasteiger partial charge in [-0.25, -0.2) is 9.87 Å². The molecule has 4 nitrogen and oxygen atoms in total. The van der Waals surface area contributed by atoms with E-state index in [2.05, 4.69) is 10.3 Å². The van der Waals surface area contributed by atoms with Crippen molar-refractivity contribution in [3.8, 4) is 0 Å². The average Bonchev–Trinajstić information content (AvgIpc) is 2.10. The number of carbonyl (C=O) groups excluding carboxylic acids is 1. The zero-order chi connectivity index (χ0) is 9.84. The Morgan fingerprint density at radius 2 is 2.31 bits per heavy atom. The standard InChI is InChI=1S/C8H9FN2O2/c1-13-11-8(12)5-2-3-6(9)7(10)4-5/h2-4H,10H2,1H3,(H,11,12). The van der Waals surface area contributed by atoms with E-state index in [1.807, 2.05) is 0 Å². The van der Waals surface area contributed by atoms with Gasteiger partial charge < -0.3 is 5.73 Å². The minimum absolute atomic E-state index is 0.0660. The van der Waals surface area contributed by atoms with Gasteiger partial charge >= 0.3 is 0 Å². The summed E-state index contributed by atoms with van der Waals surface area (Å²) in [5.41, 5.74) is 7.54. The molecule has 0 aliphatic carbocycles. The zero-order valence-corrected chi connectivity index (χ0v) is 7.00. The number of benzene rings is 1. The molecule has 1 amide bonds. The van der Waals surface area contributed by atoms with Crippen LogP contribution >= 0.6 is 0 Å². The summed E-state index contributed by atoms with van der Waals surface area (Å²) in [6.07, 6.45) is 0. The van der Waals surface area contributed by atoms with Gasteiger partial charge in [0, 0.05) is 5.56 Å². The molecule has 70 valence electrons. The van der Waals surface area contributed by atoms with E-state index in [4.69, 9.17) is 5.73 Å². The van der Waals surface area contributed by atoms with Gasteiger partial charge in [-0.2, -0.15) is 0 Å². The molecule has 5 heteroatoms. The first-order valence-electron chi connectivity index (χ1n) is 3.53. The van der Waals surface area contributed by atoms with Crippen LogP contribution in [0.15, 0.2) is 18.2 Å². The Morgan fingerprint density at radius 1 is 1.62 bits per heavy atom. The topological polar surface area (TPSA) is 64.3 Å². The van der Waals surface area contributed by atoms with E-state index in [9.17, 15) is 9.18 Å². The van der Waals surface area contributed by atoms with Crippen LogP contribution in [0.5, 0.6) is 0 Å². The number of rotatable bonds is 2. The van der Waals surface area contributed by atoms with Crippen LogP contribution in [0, 0.1) is 5.82 Å². The molecular weight excluding hydrogens is 175 g/mol. The van der Waals surface area contributed by atoms with Gasteiger partial charge in [0.2, 0.25) is 0 Å². The van der Waals surface area contributed by atoms with Gasteiger partial charge in [0.1, 0.15) is 5.82 Å². The molecule has 1 aromatic rings. The maximum absolute atomic E-state index is 12.7. The first kappa shape index (κ1) is 9.47. The van der Waals surface area contributed by atoms with E-state index < -0.39 is 11.7 Å². The van der Waals surface area contributed by atoms with Crippen molar-refractivity contribution in [2.75, 3.05) is 12.8 Å². The van der Waals surface area contributed by atoms with Crippen molar-refractivity contribution in [1.29, 1.82) is 0 Å². The number of nitrogens with one attached hydrogen (secondary N) is 1. The minimum atomic E-state index is -0.547. The number of hydroxylamine groups is 1. The van der Waals surface area contributed by atoms with Crippen LogP contribution in [0.1, 0.15) is 10.4 Å². The lowest BCUT2D eigenvalue weighted by Gasteiger charge is -2.02. The van der Waals surface area contributed by atoms with Crippen LogP contribution in [0.25, 0.3) is 0 Å². The molecule has 0 saturated heterocycles. The molecule has 0 saturated carbocycles. The summed E-state index contributed by atoms with van der Waals surface area (Å²) < 4.78 is 12.7. The maximum Gasteiger partial charge on any atom is 0.274 e. The highest BCUT2D eigenvalue weighted by molar-refractivity contribution is 5.94. The first-order valence-corrected chi connectivity index (χ1v) is 3.53. The molecule has 0 radical (unpaired) electrons. The predicted octanol–water partition coefficient (Wildman–Crippen LogP) is 0.699. The third-order valence-corrected chi connectivity index (χ3v) is 1.45. The second-order valence-electron chi connectivity index (χ2n) is 2.37. The number of hydrogen-bond donors (Lipinski definition) is 2. The summed E-state index contributed by atoms with van der Waals surface area (Å²) in [4.78, 5) is 15.5. The normalized spacial score (nSPS) is 9.69. The van der Waals surface area contributed by atoms with Crippen LogP contribution in [-0.4, -0.2) is 13.0 Å². The molecule has 13 heavy (non-hydrogen) atoms. The van der Waals surface area contributed by atoms with Gasteiger partial charge in [-0.1, -0.05) is 0 Å². The third kappa shape index (κ3) is 2.16. The Hall–Kier alpha value is -1.62. The van der Waals surface area contributed by atoms with Gasteiger partial charge in [0.05, 0.1) is 12.8 Å². The van der Waals surface area contributed by atoms with E-state index >= 15 is 0 Å². The Labute approximate surface area is 74.4 Å². The largest absolute Gasteiger partial charge is 0.396 e. The summed E-state index contributed by atoms with van der Waals surface area (Å²) in [6.45, 7) is 0. The van der Waals surface area contributed by atoms with Crippen molar-refractivity contribution in [3.05, 3.63) is 29.6 Å². The highest BCUT2D eigenvalue weighted by Crippen LogP contribution is 2.11. The summed E-state index contributed by atoms with van der Waals surface area (Å²) in [5.74, 6) is -1.01. The van der Waals surface area contributed by atoms with Crippen LogP contribution < -0.4 is 11.2 Å². The van der Waals surface area contributed by atoms with E-state index in [0.717, 1.165) is 6.07 Å². The van der Waals surface area contributed by atoms with Gasteiger partial charge in [0.25, 0.3) is 5.91 Å². The highest BCUT2D eigenvalue weighted by Gasteiger charge is 2.06. The Kier molecular flexibility index (Phi) is 2.81. The van der Waals surface area contributed by atoms with Crippen molar-refractivity contribution in [3.63, 3.8) is 0 Å². The molecule has 0 bridgehead atoms. The van der Waals surface area contributed by atoms with Crippen molar-refractivity contribution in [2.45, 2.75) is 0 Å². The molecule has 1 aromatic carbocycles. The van der Waals surface area contributed by atoms with E-state index in [-0.39, 0.29) is 11.3 Å². The number of carbonyl (C=O) groups is 1. The van der Waals surface area contributed by atoms with Crippen LogP contribution in [0.4, 0.5) is 10.1 Å². The number of hydrogen-bond acceptors (Lipinski definition) is 3. The lowest BCUT2D eigenvalue weighted by Crippen LogP contribution is -2.21. The predicted molar refractivity (Wildman–Crippen MR) is 45.3 cm³/mol. The Balaban J connectivity index is 2.90. The lowest BCUT2D eigenvalue weighted by molar-refractivity contribution is 0.0537. The summed E-state index contributed by atoms with van der Waals surface area (Å²) in [5, 5.41) is 0. The molecule has 3 N–H and O–H groups in total. The molecule has 0 aliphatic heterocycles. The van der Waals surface area contributed by atoms with Crippen LogP contribution in [-0.2, 0) is 4.84 Å². The van der Waals surface area contributed by atoms with Crippen molar-refractivity contribution < 1.29 is 14.0 Å². The van der Waals surface area contributed by atoms with Gasteiger partial charge in [-0.15, -0.1) is 0 Å². The molecule has 0 atom stereocenters. The zero-order valence-electron chi connectivity index (χ0n) is 7.00. The van der Waals surface area contributed by atoms with E-state index in [1.54, 1.807) is 0 Å². The monoisotopic (exact) mass is 184 g/mol. The lowest BCUT2D eigenvalue weighted by atomic mass is 10.2. The number of halogens is 1. The maximum atomic E-state index is 12.7. The first-order chi connectivity index (χ1) is 6.15. The number of nitrogen functional groups attached to an aromatic ring is 1. The van der Waals surface area contributed by atoms with Crippen molar-refractivity contribution >= 4 is 11.6 Å². The van der Waals surface area contributed by atoms with Gasteiger partial charge in [-0.05, 0) is 18.2 Å². The van der Waals surface area contributed by atoms with Crippen LogP contribution in [0.3, 0.4) is 0 Å². The number of anilines is 1.